The summed E-state index contributed by atoms with van der Waals surface area (Å²) in [6.07, 6.45) is 2.51. The Bertz CT molecular complexity index is 192. The zero-order valence-corrected chi connectivity index (χ0v) is 10.0. The van der Waals surface area contributed by atoms with E-state index in [9.17, 15) is 4.79 Å². The van der Waals surface area contributed by atoms with E-state index >= 15 is 0 Å². The number of thioether (sulfide) groups is 1. The minimum Gasteiger partial charge on any atom is -0.380 e. The summed E-state index contributed by atoms with van der Waals surface area (Å²) in [6.45, 7) is 0.392. The molecule has 0 bridgehead atoms. The normalized spacial score (nSPS) is 23.5. The van der Waals surface area contributed by atoms with E-state index in [0.29, 0.717) is 19.0 Å². The first-order valence-electron chi connectivity index (χ1n) is 5.36. The summed E-state index contributed by atoms with van der Waals surface area (Å²) in [5.41, 5.74) is 5.46. The van der Waals surface area contributed by atoms with Gasteiger partial charge in [-0.15, -0.1) is 0 Å². The largest absolute Gasteiger partial charge is 0.380 e. The molecule has 0 saturated carbocycles. The smallest absolute Gasteiger partial charge is 0.222 e. The standard InChI is InChI=1S/C10H20N2O2S/c1-14-9(6-11)5-10(13)12-8-3-2-4-15-7-8/h8-9H,2-7,11H2,1H3,(H,12,13). The average molecular weight is 232 g/mol. The van der Waals surface area contributed by atoms with Gasteiger partial charge in [-0.25, -0.2) is 0 Å². The fourth-order valence-corrected chi connectivity index (χ4v) is 2.68. The van der Waals surface area contributed by atoms with Crippen LogP contribution in [0.4, 0.5) is 0 Å². The van der Waals surface area contributed by atoms with Crippen LogP contribution in [0.3, 0.4) is 0 Å². The minimum absolute atomic E-state index is 0.0554. The zero-order valence-electron chi connectivity index (χ0n) is 9.20. The summed E-state index contributed by atoms with van der Waals surface area (Å²) in [5.74, 6) is 2.31. The summed E-state index contributed by atoms with van der Waals surface area (Å²) in [6, 6.07) is 0.339. The zero-order chi connectivity index (χ0) is 11.1. The van der Waals surface area contributed by atoms with E-state index in [1.54, 1.807) is 7.11 Å². The second-order valence-corrected chi connectivity index (χ2v) is 4.93. The molecule has 1 amide bonds. The number of hydrogen-bond donors (Lipinski definition) is 2. The summed E-state index contributed by atoms with van der Waals surface area (Å²) in [5, 5.41) is 3.02. The van der Waals surface area contributed by atoms with Crippen LogP contribution in [0.2, 0.25) is 0 Å². The molecule has 0 radical (unpaired) electrons. The SMILES string of the molecule is COC(CN)CC(=O)NC1CCCSC1. The lowest BCUT2D eigenvalue weighted by molar-refractivity contribution is -0.124. The molecule has 88 valence electrons. The highest BCUT2D eigenvalue weighted by atomic mass is 32.2. The first-order valence-corrected chi connectivity index (χ1v) is 6.51. The van der Waals surface area contributed by atoms with Gasteiger partial charge in [0.05, 0.1) is 12.5 Å². The molecule has 4 nitrogen and oxygen atoms in total. The Kier molecular flexibility index (Phi) is 6.05. The van der Waals surface area contributed by atoms with E-state index in [1.165, 1.54) is 12.2 Å². The van der Waals surface area contributed by atoms with Gasteiger partial charge in [-0.2, -0.15) is 11.8 Å². The third-order valence-electron chi connectivity index (χ3n) is 2.53. The van der Waals surface area contributed by atoms with Gasteiger partial charge in [0, 0.05) is 25.4 Å². The Hall–Kier alpha value is -0.260. The molecule has 15 heavy (non-hydrogen) atoms. The molecule has 3 N–H and O–H groups in total. The molecule has 2 unspecified atom stereocenters. The molecule has 1 fully saturated rings. The fraction of sp³-hybridized carbons (Fsp3) is 0.900. The Morgan fingerprint density at radius 2 is 2.53 bits per heavy atom. The number of amides is 1. The second-order valence-electron chi connectivity index (χ2n) is 3.78. The van der Waals surface area contributed by atoms with Gasteiger partial charge in [0.25, 0.3) is 0 Å². The number of carbonyl (C=O) groups is 1. The number of hydrogen-bond acceptors (Lipinski definition) is 4. The van der Waals surface area contributed by atoms with Crippen LogP contribution < -0.4 is 11.1 Å². The van der Waals surface area contributed by atoms with Crippen molar-refractivity contribution < 1.29 is 9.53 Å². The number of nitrogens with two attached hydrogens (primary N) is 1. The van der Waals surface area contributed by atoms with Crippen molar-refractivity contribution in [2.24, 2.45) is 5.73 Å². The average Bonchev–Trinajstić information content (AvgIpc) is 2.27. The molecule has 5 heteroatoms. The van der Waals surface area contributed by atoms with Gasteiger partial charge >= 0.3 is 0 Å². The topological polar surface area (TPSA) is 64.3 Å². The van der Waals surface area contributed by atoms with Crippen LogP contribution in [-0.4, -0.2) is 43.2 Å². The Morgan fingerprint density at radius 3 is 3.07 bits per heavy atom. The Labute approximate surface area is 95.3 Å². The fourth-order valence-electron chi connectivity index (χ4n) is 1.61. The third kappa shape index (κ3) is 4.86. The first-order chi connectivity index (χ1) is 7.26. The van der Waals surface area contributed by atoms with E-state index in [1.807, 2.05) is 11.8 Å². The van der Waals surface area contributed by atoms with Crippen molar-refractivity contribution in [3.8, 4) is 0 Å². The van der Waals surface area contributed by atoms with Gasteiger partial charge in [0.2, 0.25) is 5.91 Å². The van der Waals surface area contributed by atoms with E-state index in [-0.39, 0.29) is 12.0 Å². The highest BCUT2D eigenvalue weighted by Crippen LogP contribution is 2.16. The lowest BCUT2D eigenvalue weighted by Crippen LogP contribution is -2.40. The number of ether oxygens (including phenoxy) is 1. The van der Waals surface area contributed by atoms with Gasteiger partial charge in [-0.05, 0) is 18.6 Å². The third-order valence-corrected chi connectivity index (χ3v) is 3.75. The molecule has 1 aliphatic rings. The van der Waals surface area contributed by atoms with E-state index < -0.39 is 0 Å². The highest BCUT2D eigenvalue weighted by molar-refractivity contribution is 7.99. The van der Waals surface area contributed by atoms with Crippen molar-refractivity contribution >= 4 is 17.7 Å². The molecule has 0 aromatic carbocycles. The number of nitrogens with one attached hydrogen (secondary N) is 1. The monoisotopic (exact) mass is 232 g/mol. The molecule has 1 heterocycles. The maximum Gasteiger partial charge on any atom is 0.222 e. The number of methoxy groups -OCH3 is 1. The first kappa shape index (κ1) is 12.8. The molecule has 1 rings (SSSR count). The van der Waals surface area contributed by atoms with Gasteiger partial charge in [-0.1, -0.05) is 0 Å². The Morgan fingerprint density at radius 1 is 1.73 bits per heavy atom. The molecule has 0 aromatic heterocycles. The van der Waals surface area contributed by atoms with Crippen LogP contribution in [0.5, 0.6) is 0 Å². The second kappa shape index (κ2) is 7.09. The molecular formula is C10H20N2O2S. The summed E-state index contributed by atoms with van der Waals surface area (Å²) < 4.78 is 5.07. The number of rotatable bonds is 5. The Balaban J connectivity index is 2.21. The predicted octanol–water partition coefficient (Wildman–Crippen LogP) is 0.362. The van der Waals surface area contributed by atoms with Crippen molar-refractivity contribution in [2.45, 2.75) is 31.4 Å². The predicted molar refractivity (Wildman–Crippen MR) is 63.0 cm³/mol. The summed E-state index contributed by atoms with van der Waals surface area (Å²) in [7, 11) is 1.58. The van der Waals surface area contributed by atoms with Crippen LogP contribution in [-0.2, 0) is 9.53 Å². The van der Waals surface area contributed by atoms with Gasteiger partial charge in [0.1, 0.15) is 0 Å². The molecule has 1 saturated heterocycles. The number of carbonyl (C=O) groups excluding carboxylic acids is 1. The van der Waals surface area contributed by atoms with Crippen molar-refractivity contribution in [1.82, 2.24) is 5.32 Å². The lowest BCUT2D eigenvalue weighted by Gasteiger charge is -2.23. The van der Waals surface area contributed by atoms with Crippen LogP contribution in [0.15, 0.2) is 0 Å². The van der Waals surface area contributed by atoms with E-state index in [4.69, 9.17) is 10.5 Å². The van der Waals surface area contributed by atoms with Crippen molar-refractivity contribution in [3.63, 3.8) is 0 Å². The lowest BCUT2D eigenvalue weighted by atomic mass is 10.1. The summed E-state index contributed by atoms with van der Waals surface area (Å²) in [4.78, 5) is 11.6. The summed E-state index contributed by atoms with van der Waals surface area (Å²) >= 11 is 1.90. The van der Waals surface area contributed by atoms with Crippen molar-refractivity contribution in [1.29, 1.82) is 0 Å². The van der Waals surface area contributed by atoms with Gasteiger partial charge < -0.3 is 15.8 Å². The van der Waals surface area contributed by atoms with Crippen molar-refractivity contribution in [3.05, 3.63) is 0 Å². The van der Waals surface area contributed by atoms with Gasteiger partial charge in [-0.3, -0.25) is 4.79 Å². The minimum atomic E-state index is -0.152. The highest BCUT2D eigenvalue weighted by Gasteiger charge is 2.18. The van der Waals surface area contributed by atoms with E-state index in [2.05, 4.69) is 5.32 Å². The molecule has 2 atom stereocenters. The van der Waals surface area contributed by atoms with Crippen molar-refractivity contribution in [2.75, 3.05) is 25.2 Å². The van der Waals surface area contributed by atoms with Crippen LogP contribution in [0.25, 0.3) is 0 Å². The quantitative estimate of drug-likeness (QED) is 0.718. The van der Waals surface area contributed by atoms with Crippen LogP contribution >= 0.6 is 11.8 Å². The maximum absolute atomic E-state index is 11.6. The van der Waals surface area contributed by atoms with Crippen LogP contribution in [0, 0.1) is 0 Å². The molecular weight excluding hydrogens is 212 g/mol. The maximum atomic E-state index is 11.6. The molecule has 0 aliphatic carbocycles. The van der Waals surface area contributed by atoms with Gasteiger partial charge in [0.15, 0.2) is 0 Å². The van der Waals surface area contributed by atoms with Crippen LogP contribution in [0.1, 0.15) is 19.3 Å². The molecule has 0 spiro atoms. The van der Waals surface area contributed by atoms with E-state index in [0.717, 1.165) is 12.2 Å². The molecule has 0 aromatic rings. The molecule has 1 aliphatic heterocycles.